The van der Waals surface area contributed by atoms with Crippen LogP contribution in [0.2, 0.25) is 5.02 Å². The summed E-state index contributed by atoms with van der Waals surface area (Å²) in [5.41, 5.74) is 0.900. The minimum absolute atomic E-state index is 0.0291. The second kappa shape index (κ2) is 9.95. The molecule has 0 aromatic heterocycles. The van der Waals surface area contributed by atoms with Crippen LogP contribution in [0.5, 0.6) is 11.5 Å². The van der Waals surface area contributed by atoms with Gasteiger partial charge in [-0.25, -0.2) is 9.63 Å². The maximum absolute atomic E-state index is 12.3. The summed E-state index contributed by atoms with van der Waals surface area (Å²) >= 11 is 9.08. The molecule has 0 bridgehead atoms. The molecule has 0 saturated heterocycles. The molecule has 0 amide bonds. The van der Waals surface area contributed by atoms with Gasteiger partial charge >= 0.3 is 5.97 Å². The Morgan fingerprint density at radius 1 is 1.06 bits per heavy atom. The normalized spacial score (nSPS) is 11.3. The molecule has 0 unspecified atom stereocenters. The summed E-state index contributed by atoms with van der Waals surface area (Å²) in [6.45, 7) is 0. The van der Waals surface area contributed by atoms with Crippen LogP contribution in [0.15, 0.2) is 81.2 Å². The summed E-state index contributed by atoms with van der Waals surface area (Å²) in [6, 6.07) is 17.2. The van der Waals surface area contributed by atoms with Gasteiger partial charge in [-0.15, -0.1) is 0 Å². The van der Waals surface area contributed by atoms with E-state index in [4.69, 9.17) is 21.1 Å². The van der Waals surface area contributed by atoms with E-state index in [2.05, 4.69) is 25.9 Å². The van der Waals surface area contributed by atoms with E-state index in [1.807, 2.05) is 0 Å². The molecule has 0 aliphatic carbocycles. The topological polar surface area (TPSA) is 94.1 Å². The van der Waals surface area contributed by atoms with Crippen LogP contribution < -0.4 is 14.3 Å². The summed E-state index contributed by atoms with van der Waals surface area (Å²) in [5, 5.41) is 4.20. The van der Waals surface area contributed by atoms with Gasteiger partial charge in [-0.1, -0.05) is 33.6 Å². The van der Waals surface area contributed by atoms with Gasteiger partial charge in [-0.05, 0) is 66.2 Å². The Hall–Kier alpha value is -2.88. The van der Waals surface area contributed by atoms with Crippen molar-refractivity contribution in [1.29, 1.82) is 0 Å². The van der Waals surface area contributed by atoms with Crippen LogP contribution in [0.4, 0.5) is 0 Å². The molecule has 0 aliphatic rings. The molecule has 0 saturated carbocycles. The third kappa shape index (κ3) is 6.06. The van der Waals surface area contributed by atoms with Crippen molar-refractivity contribution in [3.63, 3.8) is 0 Å². The van der Waals surface area contributed by atoms with Crippen LogP contribution in [0.3, 0.4) is 0 Å². The fourth-order valence-electron chi connectivity index (χ4n) is 2.46. The first-order valence-electron chi connectivity index (χ1n) is 8.75. The van der Waals surface area contributed by atoms with Gasteiger partial charge in [0.05, 0.1) is 23.8 Å². The van der Waals surface area contributed by atoms with Gasteiger partial charge in [0.1, 0.15) is 0 Å². The second-order valence-corrected chi connectivity index (χ2v) is 9.13. The van der Waals surface area contributed by atoms with E-state index in [1.165, 1.54) is 43.7 Å². The summed E-state index contributed by atoms with van der Waals surface area (Å²) in [4.78, 5) is 14.5. The molecular formula is C21H16BrClN2O5S. The van der Waals surface area contributed by atoms with E-state index in [1.54, 1.807) is 36.4 Å². The lowest BCUT2D eigenvalue weighted by Crippen LogP contribution is -2.18. The number of carbonyl (C=O) groups is 1. The highest BCUT2D eigenvalue weighted by molar-refractivity contribution is 9.10. The quantitative estimate of drug-likeness (QED) is 0.211. The average Bonchev–Trinajstić information content (AvgIpc) is 2.74. The summed E-state index contributed by atoms with van der Waals surface area (Å²) in [5.74, 6) is -0.0454. The Bertz CT molecular complexity index is 1230. The molecule has 0 aliphatic heterocycles. The van der Waals surface area contributed by atoms with Gasteiger partial charge in [0, 0.05) is 9.50 Å². The number of methoxy groups -OCH3 is 1. The molecule has 160 valence electrons. The molecular weight excluding hydrogens is 508 g/mol. The lowest BCUT2D eigenvalue weighted by molar-refractivity contribution is 0.0729. The molecule has 0 spiro atoms. The Morgan fingerprint density at radius 3 is 2.48 bits per heavy atom. The predicted molar refractivity (Wildman–Crippen MR) is 121 cm³/mol. The second-order valence-electron chi connectivity index (χ2n) is 6.12. The molecule has 0 fully saturated rings. The number of hydrogen-bond donors (Lipinski definition) is 1. The summed E-state index contributed by atoms with van der Waals surface area (Å²) in [6.07, 6.45) is 1.30. The maximum atomic E-state index is 12.3. The lowest BCUT2D eigenvalue weighted by atomic mass is 10.2. The van der Waals surface area contributed by atoms with Crippen molar-refractivity contribution in [2.24, 2.45) is 5.10 Å². The smallest absolute Gasteiger partial charge is 0.343 e. The van der Waals surface area contributed by atoms with Gasteiger partial charge in [0.2, 0.25) is 0 Å². The molecule has 0 radical (unpaired) electrons. The SMILES string of the molecule is COc1cc(C=NNS(=O)(=O)c2ccc(Cl)cc2)ccc1OC(=O)c1cccc(Br)c1. The number of rotatable bonds is 7. The highest BCUT2D eigenvalue weighted by atomic mass is 79.9. The largest absolute Gasteiger partial charge is 0.493 e. The summed E-state index contributed by atoms with van der Waals surface area (Å²) < 4.78 is 35.9. The highest BCUT2D eigenvalue weighted by Crippen LogP contribution is 2.28. The van der Waals surface area contributed by atoms with Gasteiger partial charge in [-0.3, -0.25) is 0 Å². The third-order valence-corrected chi connectivity index (χ3v) is 5.94. The maximum Gasteiger partial charge on any atom is 0.343 e. The van der Waals surface area contributed by atoms with E-state index in [0.29, 0.717) is 16.1 Å². The number of benzene rings is 3. The monoisotopic (exact) mass is 522 g/mol. The number of nitrogens with zero attached hydrogens (tertiary/aromatic N) is 1. The van der Waals surface area contributed by atoms with Crippen molar-refractivity contribution in [2.45, 2.75) is 4.90 Å². The Labute approximate surface area is 192 Å². The zero-order valence-corrected chi connectivity index (χ0v) is 19.2. The van der Waals surface area contributed by atoms with Crippen LogP contribution in [-0.4, -0.2) is 27.7 Å². The van der Waals surface area contributed by atoms with E-state index >= 15 is 0 Å². The van der Waals surface area contributed by atoms with Crippen molar-refractivity contribution >= 4 is 49.7 Å². The number of hydrazone groups is 1. The first-order valence-corrected chi connectivity index (χ1v) is 11.4. The molecule has 10 heteroatoms. The van der Waals surface area contributed by atoms with Gasteiger partial charge < -0.3 is 9.47 Å². The van der Waals surface area contributed by atoms with Crippen LogP contribution in [-0.2, 0) is 10.0 Å². The molecule has 1 N–H and O–H groups in total. The zero-order valence-electron chi connectivity index (χ0n) is 16.1. The number of carbonyl (C=O) groups excluding carboxylic acids is 1. The van der Waals surface area contributed by atoms with Crippen LogP contribution in [0.1, 0.15) is 15.9 Å². The van der Waals surface area contributed by atoms with Crippen molar-refractivity contribution < 1.29 is 22.7 Å². The molecule has 31 heavy (non-hydrogen) atoms. The van der Waals surface area contributed by atoms with Crippen molar-refractivity contribution in [1.82, 2.24) is 4.83 Å². The lowest BCUT2D eigenvalue weighted by Gasteiger charge is -2.10. The zero-order chi connectivity index (χ0) is 22.4. The Morgan fingerprint density at radius 2 is 1.81 bits per heavy atom. The minimum Gasteiger partial charge on any atom is -0.493 e. The standard InChI is InChI=1S/C21H16BrClN2O5S/c1-29-20-11-14(13-24-25-31(27,28)18-8-6-17(23)7-9-18)5-10-19(20)30-21(26)15-3-2-4-16(22)12-15/h2-13,25H,1H3. The van der Waals surface area contributed by atoms with Gasteiger partial charge in [-0.2, -0.15) is 13.5 Å². The fourth-order valence-corrected chi connectivity index (χ4v) is 3.78. The van der Waals surface area contributed by atoms with E-state index < -0.39 is 16.0 Å². The summed E-state index contributed by atoms with van der Waals surface area (Å²) in [7, 11) is -2.41. The first kappa shape index (κ1) is 22.8. The average molecular weight is 524 g/mol. The predicted octanol–water partition coefficient (Wildman–Crippen LogP) is 4.64. The Kier molecular flexibility index (Phi) is 7.32. The molecule has 0 heterocycles. The van der Waals surface area contributed by atoms with E-state index in [-0.39, 0.29) is 16.4 Å². The first-order chi connectivity index (χ1) is 14.8. The van der Waals surface area contributed by atoms with Crippen LogP contribution in [0, 0.1) is 0 Å². The van der Waals surface area contributed by atoms with Crippen LogP contribution >= 0.6 is 27.5 Å². The number of sulfonamides is 1. The van der Waals surface area contributed by atoms with E-state index in [9.17, 15) is 13.2 Å². The number of halogens is 2. The van der Waals surface area contributed by atoms with Crippen LogP contribution in [0.25, 0.3) is 0 Å². The highest BCUT2D eigenvalue weighted by Gasteiger charge is 2.14. The van der Waals surface area contributed by atoms with Crippen molar-refractivity contribution in [3.05, 3.63) is 87.4 Å². The molecule has 7 nitrogen and oxygen atoms in total. The number of nitrogens with one attached hydrogen (secondary N) is 1. The molecule has 3 aromatic carbocycles. The van der Waals surface area contributed by atoms with Crippen molar-refractivity contribution in [2.75, 3.05) is 7.11 Å². The molecule has 0 atom stereocenters. The van der Waals surface area contributed by atoms with Gasteiger partial charge in [0.15, 0.2) is 11.5 Å². The fraction of sp³-hybridized carbons (Fsp3) is 0.0476. The van der Waals surface area contributed by atoms with E-state index in [0.717, 1.165) is 4.47 Å². The molecule has 3 aromatic rings. The Balaban J connectivity index is 1.72. The number of ether oxygens (including phenoxy) is 2. The third-order valence-electron chi connectivity index (χ3n) is 3.96. The molecule has 3 rings (SSSR count). The minimum atomic E-state index is -3.83. The van der Waals surface area contributed by atoms with Gasteiger partial charge in [0.25, 0.3) is 10.0 Å². The van der Waals surface area contributed by atoms with Crippen molar-refractivity contribution in [3.8, 4) is 11.5 Å². The number of esters is 1. The number of hydrogen-bond acceptors (Lipinski definition) is 6.